The average molecular weight is 502 g/mol. The highest BCUT2D eigenvalue weighted by atomic mass is 35.5. The number of nitrogens with zero attached hydrogens (tertiary/aromatic N) is 4. The van der Waals surface area contributed by atoms with Gasteiger partial charge in [0.25, 0.3) is 5.91 Å². The fraction of sp³-hybridized carbons (Fsp3) is 0.280. The topological polar surface area (TPSA) is 81.9 Å². The SMILES string of the molecule is CC.Cc1cc(-c2ccnn2C)c2cccc(OCc3c(Cl)cncc3CNC(=O)C(F)F)c2n1. The summed E-state index contributed by atoms with van der Waals surface area (Å²) in [5, 5.41) is 7.62. The lowest BCUT2D eigenvalue weighted by molar-refractivity contribution is -0.131. The Morgan fingerprint density at radius 3 is 2.69 bits per heavy atom. The second kappa shape index (κ2) is 11.7. The maximum atomic E-state index is 12.5. The standard InChI is InChI=1S/C23H20ClF2N5O2.C2H6/c1-13-8-16(19-6-7-29-31(19)2)15-4-3-5-20(21(15)30-13)33-12-17-14(9-27-11-18(17)24)10-28-23(32)22(25)26;1-2/h3-9,11,22H,10,12H2,1-2H3,(H,28,32);1-2H3. The van der Waals surface area contributed by atoms with Gasteiger partial charge in [-0.15, -0.1) is 0 Å². The summed E-state index contributed by atoms with van der Waals surface area (Å²) in [5.41, 5.74) is 4.42. The normalized spacial score (nSPS) is 10.7. The van der Waals surface area contributed by atoms with Gasteiger partial charge < -0.3 is 10.1 Å². The van der Waals surface area contributed by atoms with Gasteiger partial charge in [-0.2, -0.15) is 13.9 Å². The van der Waals surface area contributed by atoms with Crippen LogP contribution >= 0.6 is 11.6 Å². The summed E-state index contributed by atoms with van der Waals surface area (Å²) < 4.78 is 32.9. The fourth-order valence-electron chi connectivity index (χ4n) is 3.54. The number of hydrogen-bond donors (Lipinski definition) is 1. The van der Waals surface area contributed by atoms with Gasteiger partial charge >= 0.3 is 6.43 Å². The Kier molecular flexibility index (Phi) is 8.70. The lowest BCUT2D eigenvalue weighted by atomic mass is 10.0. The molecule has 0 unspecified atom stereocenters. The number of carbonyl (C=O) groups is 1. The van der Waals surface area contributed by atoms with Crippen molar-refractivity contribution in [3.8, 4) is 17.0 Å². The van der Waals surface area contributed by atoms with Gasteiger partial charge in [-0.25, -0.2) is 4.98 Å². The van der Waals surface area contributed by atoms with Crippen molar-refractivity contribution in [2.24, 2.45) is 7.05 Å². The number of rotatable bonds is 7. The molecule has 3 aromatic heterocycles. The van der Waals surface area contributed by atoms with Gasteiger partial charge in [0.1, 0.15) is 17.9 Å². The van der Waals surface area contributed by atoms with Crippen molar-refractivity contribution in [1.29, 1.82) is 0 Å². The van der Waals surface area contributed by atoms with Crippen LogP contribution in [0.1, 0.15) is 30.7 Å². The van der Waals surface area contributed by atoms with E-state index in [1.165, 1.54) is 12.4 Å². The van der Waals surface area contributed by atoms with Gasteiger partial charge in [0.2, 0.25) is 0 Å². The van der Waals surface area contributed by atoms with E-state index in [0.717, 1.165) is 22.3 Å². The summed E-state index contributed by atoms with van der Waals surface area (Å²) in [7, 11) is 1.87. The molecule has 0 saturated carbocycles. The molecule has 1 N–H and O–H groups in total. The van der Waals surface area contributed by atoms with Crippen LogP contribution in [0.5, 0.6) is 5.75 Å². The van der Waals surface area contributed by atoms with Gasteiger partial charge in [-0.3, -0.25) is 14.5 Å². The number of aryl methyl sites for hydroxylation is 2. The van der Waals surface area contributed by atoms with Crippen LogP contribution in [-0.4, -0.2) is 32.1 Å². The molecule has 10 heteroatoms. The van der Waals surface area contributed by atoms with Gasteiger partial charge in [0, 0.05) is 54.4 Å². The van der Waals surface area contributed by atoms with Crippen LogP contribution in [-0.2, 0) is 25.0 Å². The molecule has 0 atom stereocenters. The van der Waals surface area contributed by atoms with Crippen molar-refractivity contribution < 1.29 is 18.3 Å². The van der Waals surface area contributed by atoms with E-state index in [4.69, 9.17) is 16.3 Å². The lowest BCUT2D eigenvalue weighted by Gasteiger charge is -2.15. The second-order valence-corrected chi connectivity index (χ2v) is 7.78. The minimum Gasteiger partial charge on any atom is -0.487 e. The number of alkyl halides is 2. The maximum absolute atomic E-state index is 12.5. The first-order valence-corrected chi connectivity index (χ1v) is 11.4. The predicted molar refractivity (Wildman–Crippen MR) is 131 cm³/mol. The zero-order chi connectivity index (χ0) is 25.5. The van der Waals surface area contributed by atoms with E-state index in [1.54, 1.807) is 16.9 Å². The Hall–Kier alpha value is -3.59. The van der Waals surface area contributed by atoms with Gasteiger partial charge in [-0.05, 0) is 30.7 Å². The van der Waals surface area contributed by atoms with Crippen LogP contribution in [0.4, 0.5) is 8.78 Å². The van der Waals surface area contributed by atoms with E-state index in [-0.39, 0.29) is 13.2 Å². The molecule has 4 aromatic rings. The van der Waals surface area contributed by atoms with Crippen molar-refractivity contribution in [1.82, 2.24) is 25.1 Å². The van der Waals surface area contributed by atoms with Crippen molar-refractivity contribution >= 4 is 28.4 Å². The molecule has 1 amide bonds. The average Bonchev–Trinajstić information content (AvgIpc) is 3.28. The monoisotopic (exact) mass is 501 g/mol. The molecule has 35 heavy (non-hydrogen) atoms. The molecular formula is C25H26ClF2N5O2. The van der Waals surface area contributed by atoms with Crippen LogP contribution in [0, 0.1) is 6.92 Å². The van der Waals surface area contributed by atoms with Crippen molar-refractivity contribution in [2.45, 2.75) is 40.3 Å². The number of benzene rings is 1. The summed E-state index contributed by atoms with van der Waals surface area (Å²) in [6.07, 6.45) is 1.53. The van der Waals surface area contributed by atoms with Crippen molar-refractivity contribution in [2.75, 3.05) is 0 Å². The molecule has 0 aliphatic rings. The number of pyridine rings is 2. The molecule has 1 aromatic carbocycles. The molecule has 0 aliphatic heterocycles. The third kappa shape index (κ3) is 5.92. The molecule has 3 heterocycles. The number of ether oxygens (including phenoxy) is 1. The summed E-state index contributed by atoms with van der Waals surface area (Å²) in [4.78, 5) is 19.9. The lowest BCUT2D eigenvalue weighted by Crippen LogP contribution is -2.29. The van der Waals surface area contributed by atoms with Crippen LogP contribution in [0.15, 0.2) is 48.9 Å². The highest BCUT2D eigenvalue weighted by molar-refractivity contribution is 6.31. The number of nitrogens with one attached hydrogen (secondary N) is 1. The zero-order valence-electron chi connectivity index (χ0n) is 19.8. The molecule has 0 radical (unpaired) electrons. The van der Waals surface area contributed by atoms with E-state index in [9.17, 15) is 13.6 Å². The molecule has 184 valence electrons. The van der Waals surface area contributed by atoms with Crippen LogP contribution in [0.3, 0.4) is 0 Å². The number of fused-ring (bicyclic) bond motifs is 1. The minimum absolute atomic E-state index is 0.0387. The first-order valence-electron chi connectivity index (χ1n) is 11.0. The molecule has 0 fully saturated rings. The van der Waals surface area contributed by atoms with Crippen molar-refractivity contribution in [3.05, 3.63) is 70.8 Å². The van der Waals surface area contributed by atoms with Gasteiger partial charge in [0.15, 0.2) is 0 Å². The van der Waals surface area contributed by atoms with E-state index < -0.39 is 12.3 Å². The molecule has 0 aliphatic carbocycles. The van der Waals surface area contributed by atoms with Crippen LogP contribution in [0.25, 0.3) is 22.2 Å². The highest BCUT2D eigenvalue weighted by Gasteiger charge is 2.17. The Morgan fingerprint density at radius 2 is 2.00 bits per heavy atom. The zero-order valence-corrected chi connectivity index (χ0v) is 20.6. The molecule has 4 rings (SSSR count). The largest absolute Gasteiger partial charge is 0.487 e. The summed E-state index contributed by atoms with van der Waals surface area (Å²) in [5.74, 6) is -0.826. The quantitative estimate of drug-likeness (QED) is 0.362. The number of aromatic nitrogens is 4. The number of hydrogen-bond acceptors (Lipinski definition) is 5. The van der Waals surface area contributed by atoms with Crippen molar-refractivity contribution in [3.63, 3.8) is 0 Å². The third-order valence-electron chi connectivity index (χ3n) is 5.14. The molecule has 0 saturated heterocycles. The van der Waals surface area contributed by atoms with E-state index in [0.29, 0.717) is 27.4 Å². The number of carbonyl (C=O) groups excluding carboxylic acids is 1. The van der Waals surface area contributed by atoms with E-state index >= 15 is 0 Å². The van der Waals surface area contributed by atoms with Gasteiger partial charge in [-0.1, -0.05) is 37.6 Å². The molecular weight excluding hydrogens is 476 g/mol. The third-order valence-corrected chi connectivity index (χ3v) is 5.47. The Labute approximate surface area is 207 Å². The fourth-order valence-corrected chi connectivity index (χ4v) is 3.77. The molecule has 0 spiro atoms. The summed E-state index contributed by atoms with van der Waals surface area (Å²) >= 11 is 6.30. The van der Waals surface area contributed by atoms with E-state index in [1.807, 2.05) is 52.1 Å². The smallest absolute Gasteiger partial charge is 0.315 e. The first kappa shape index (κ1) is 26.0. The van der Waals surface area contributed by atoms with Crippen LogP contribution in [0.2, 0.25) is 5.02 Å². The predicted octanol–water partition coefficient (Wildman–Crippen LogP) is 5.48. The Bertz CT molecular complexity index is 1330. The number of para-hydroxylation sites is 1. The first-order chi connectivity index (χ1) is 16.8. The summed E-state index contributed by atoms with van der Waals surface area (Å²) in [6, 6.07) is 9.55. The molecule has 7 nitrogen and oxygen atoms in total. The van der Waals surface area contributed by atoms with Gasteiger partial charge in [0.05, 0.1) is 10.7 Å². The van der Waals surface area contributed by atoms with E-state index in [2.05, 4.69) is 20.4 Å². The number of halogens is 3. The summed E-state index contributed by atoms with van der Waals surface area (Å²) in [6.45, 7) is 5.80. The number of amides is 1. The Morgan fingerprint density at radius 1 is 1.23 bits per heavy atom. The molecule has 0 bridgehead atoms. The highest BCUT2D eigenvalue weighted by Crippen LogP contribution is 2.33. The second-order valence-electron chi connectivity index (χ2n) is 7.37. The van der Waals surface area contributed by atoms with Crippen LogP contribution < -0.4 is 10.1 Å². The Balaban J connectivity index is 0.00000167. The minimum atomic E-state index is -3.10. The maximum Gasteiger partial charge on any atom is 0.315 e.